The summed E-state index contributed by atoms with van der Waals surface area (Å²) in [5.74, 6) is 1.30. The smallest absolute Gasteiger partial charge is 0.251 e. The van der Waals surface area contributed by atoms with E-state index in [-0.39, 0.29) is 5.56 Å². The molecule has 0 aliphatic carbocycles. The van der Waals surface area contributed by atoms with Gasteiger partial charge in [0, 0.05) is 30.4 Å². The molecule has 0 spiro atoms. The van der Waals surface area contributed by atoms with Crippen LogP contribution in [0.3, 0.4) is 0 Å². The van der Waals surface area contributed by atoms with Crippen LogP contribution in [0.5, 0.6) is 5.88 Å². The first-order valence-electron chi connectivity index (χ1n) is 5.73. The van der Waals surface area contributed by atoms with Gasteiger partial charge in [0.15, 0.2) is 0 Å². The zero-order valence-corrected chi connectivity index (χ0v) is 10.4. The SMILES string of the molecule is COc1ccc(CCc2nc(C)cc(=O)[nH]2)cn1. The van der Waals surface area contributed by atoms with E-state index in [9.17, 15) is 4.79 Å². The Bertz CT molecular complexity index is 576. The number of pyridine rings is 1. The Hall–Kier alpha value is -2.17. The van der Waals surface area contributed by atoms with Crippen molar-refractivity contribution in [3.8, 4) is 5.88 Å². The van der Waals surface area contributed by atoms with E-state index >= 15 is 0 Å². The minimum atomic E-state index is -0.106. The number of ether oxygens (including phenoxy) is 1. The van der Waals surface area contributed by atoms with E-state index in [2.05, 4.69) is 15.0 Å². The summed E-state index contributed by atoms with van der Waals surface area (Å²) in [5, 5.41) is 0. The van der Waals surface area contributed by atoms with Crippen LogP contribution < -0.4 is 10.3 Å². The second-order valence-electron chi connectivity index (χ2n) is 4.04. The molecule has 2 rings (SSSR count). The molecule has 0 saturated heterocycles. The maximum absolute atomic E-state index is 11.3. The molecule has 0 atom stereocenters. The highest BCUT2D eigenvalue weighted by atomic mass is 16.5. The number of nitrogens with zero attached hydrogens (tertiary/aromatic N) is 2. The third-order valence-electron chi connectivity index (χ3n) is 2.58. The van der Waals surface area contributed by atoms with Gasteiger partial charge in [-0.2, -0.15) is 0 Å². The summed E-state index contributed by atoms with van der Waals surface area (Å²) >= 11 is 0. The van der Waals surface area contributed by atoms with E-state index in [0.29, 0.717) is 18.1 Å². The molecule has 0 aromatic carbocycles. The minimum Gasteiger partial charge on any atom is -0.481 e. The topological polar surface area (TPSA) is 67.9 Å². The molecule has 2 aromatic heterocycles. The van der Waals surface area contributed by atoms with E-state index in [4.69, 9.17) is 4.74 Å². The number of hydrogen-bond donors (Lipinski definition) is 1. The lowest BCUT2D eigenvalue weighted by molar-refractivity contribution is 0.397. The molecular formula is C13H15N3O2. The molecule has 18 heavy (non-hydrogen) atoms. The van der Waals surface area contributed by atoms with Gasteiger partial charge in [0.2, 0.25) is 5.88 Å². The number of nitrogens with one attached hydrogen (secondary N) is 1. The largest absolute Gasteiger partial charge is 0.481 e. The van der Waals surface area contributed by atoms with Crippen LogP contribution in [0.4, 0.5) is 0 Å². The molecule has 5 nitrogen and oxygen atoms in total. The molecule has 0 bridgehead atoms. The lowest BCUT2D eigenvalue weighted by atomic mass is 10.1. The fraction of sp³-hybridized carbons (Fsp3) is 0.308. The standard InChI is InChI=1S/C13H15N3O2/c1-9-7-12(17)16-11(15-9)5-3-10-4-6-13(18-2)14-8-10/h4,6-8H,3,5H2,1-2H3,(H,15,16,17). The lowest BCUT2D eigenvalue weighted by Crippen LogP contribution is -2.12. The number of aryl methyl sites for hydroxylation is 3. The Morgan fingerprint density at radius 2 is 2.17 bits per heavy atom. The van der Waals surface area contributed by atoms with Crippen LogP contribution in [-0.4, -0.2) is 22.1 Å². The van der Waals surface area contributed by atoms with Gasteiger partial charge in [-0.1, -0.05) is 6.07 Å². The van der Waals surface area contributed by atoms with Gasteiger partial charge in [-0.25, -0.2) is 9.97 Å². The molecule has 0 unspecified atom stereocenters. The predicted molar refractivity (Wildman–Crippen MR) is 67.8 cm³/mol. The molecule has 2 aromatic rings. The quantitative estimate of drug-likeness (QED) is 0.880. The number of aromatic amines is 1. The van der Waals surface area contributed by atoms with Crippen molar-refractivity contribution in [2.24, 2.45) is 0 Å². The zero-order valence-electron chi connectivity index (χ0n) is 10.4. The van der Waals surface area contributed by atoms with Crippen LogP contribution in [0.25, 0.3) is 0 Å². The summed E-state index contributed by atoms with van der Waals surface area (Å²) in [6.07, 6.45) is 3.24. The molecular weight excluding hydrogens is 230 g/mol. The van der Waals surface area contributed by atoms with E-state index in [1.54, 1.807) is 13.3 Å². The average Bonchev–Trinajstić information content (AvgIpc) is 2.36. The van der Waals surface area contributed by atoms with Gasteiger partial charge in [0.05, 0.1) is 7.11 Å². The van der Waals surface area contributed by atoms with Crippen LogP contribution in [-0.2, 0) is 12.8 Å². The second-order valence-corrected chi connectivity index (χ2v) is 4.04. The van der Waals surface area contributed by atoms with Crippen molar-refractivity contribution in [3.63, 3.8) is 0 Å². The zero-order chi connectivity index (χ0) is 13.0. The van der Waals surface area contributed by atoms with Crippen LogP contribution in [0, 0.1) is 6.92 Å². The molecule has 0 saturated carbocycles. The fourth-order valence-corrected chi connectivity index (χ4v) is 1.70. The third kappa shape index (κ3) is 3.16. The Balaban J connectivity index is 2.04. The molecule has 0 radical (unpaired) electrons. The van der Waals surface area contributed by atoms with Gasteiger partial charge in [0.1, 0.15) is 5.82 Å². The molecule has 1 N–H and O–H groups in total. The molecule has 0 aliphatic heterocycles. The normalized spacial score (nSPS) is 10.3. The van der Waals surface area contributed by atoms with Crippen LogP contribution in [0.1, 0.15) is 17.1 Å². The lowest BCUT2D eigenvalue weighted by Gasteiger charge is -2.03. The number of H-pyrrole nitrogens is 1. The average molecular weight is 245 g/mol. The van der Waals surface area contributed by atoms with Crippen molar-refractivity contribution < 1.29 is 4.74 Å². The number of rotatable bonds is 4. The molecule has 2 heterocycles. The van der Waals surface area contributed by atoms with Crippen molar-refractivity contribution in [3.05, 3.63) is 51.8 Å². The van der Waals surface area contributed by atoms with Gasteiger partial charge in [-0.3, -0.25) is 4.79 Å². The number of aromatic nitrogens is 3. The summed E-state index contributed by atoms with van der Waals surface area (Å²) in [7, 11) is 1.59. The Morgan fingerprint density at radius 1 is 1.33 bits per heavy atom. The molecule has 0 aliphatic rings. The monoisotopic (exact) mass is 245 g/mol. The van der Waals surface area contributed by atoms with Gasteiger partial charge in [-0.05, 0) is 18.9 Å². The first-order valence-corrected chi connectivity index (χ1v) is 5.73. The summed E-state index contributed by atoms with van der Waals surface area (Å²) in [6.45, 7) is 1.81. The minimum absolute atomic E-state index is 0.106. The Kier molecular flexibility index (Phi) is 3.72. The van der Waals surface area contributed by atoms with Gasteiger partial charge >= 0.3 is 0 Å². The van der Waals surface area contributed by atoms with Crippen LogP contribution in [0.15, 0.2) is 29.2 Å². The highest BCUT2D eigenvalue weighted by Gasteiger charge is 2.01. The summed E-state index contributed by atoms with van der Waals surface area (Å²) < 4.78 is 4.99. The number of methoxy groups -OCH3 is 1. The third-order valence-corrected chi connectivity index (χ3v) is 2.58. The van der Waals surface area contributed by atoms with Crippen molar-refractivity contribution in [1.82, 2.24) is 15.0 Å². The first kappa shape index (κ1) is 12.3. The maximum Gasteiger partial charge on any atom is 0.251 e. The Labute approximate surface area is 105 Å². The molecule has 0 fully saturated rings. The molecule has 5 heteroatoms. The summed E-state index contributed by atoms with van der Waals surface area (Å²) in [6, 6.07) is 5.26. The van der Waals surface area contributed by atoms with Crippen LogP contribution >= 0.6 is 0 Å². The highest BCUT2D eigenvalue weighted by Crippen LogP contribution is 2.08. The Morgan fingerprint density at radius 3 is 2.78 bits per heavy atom. The maximum atomic E-state index is 11.3. The predicted octanol–water partition coefficient (Wildman–Crippen LogP) is 1.27. The fourth-order valence-electron chi connectivity index (χ4n) is 1.70. The van der Waals surface area contributed by atoms with Gasteiger partial charge in [-0.15, -0.1) is 0 Å². The van der Waals surface area contributed by atoms with Crippen molar-refractivity contribution in [1.29, 1.82) is 0 Å². The van der Waals surface area contributed by atoms with E-state index < -0.39 is 0 Å². The van der Waals surface area contributed by atoms with Crippen LogP contribution in [0.2, 0.25) is 0 Å². The van der Waals surface area contributed by atoms with E-state index in [0.717, 1.165) is 17.7 Å². The highest BCUT2D eigenvalue weighted by molar-refractivity contribution is 5.18. The van der Waals surface area contributed by atoms with Crippen molar-refractivity contribution >= 4 is 0 Å². The summed E-state index contributed by atoms with van der Waals surface area (Å²) in [4.78, 5) is 22.4. The van der Waals surface area contributed by atoms with E-state index in [1.807, 2.05) is 19.1 Å². The molecule has 94 valence electrons. The number of hydrogen-bond acceptors (Lipinski definition) is 4. The van der Waals surface area contributed by atoms with Crippen molar-refractivity contribution in [2.45, 2.75) is 19.8 Å². The van der Waals surface area contributed by atoms with E-state index in [1.165, 1.54) is 6.07 Å². The van der Waals surface area contributed by atoms with Crippen molar-refractivity contribution in [2.75, 3.05) is 7.11 Å². The summed E-state index contributed by atoms with van der Waals surface area (Å²) in [5.41, 5.74) is 1.71. The van der Waals surface area contributed by atoms with Gasteiger partial charge < -0.3 is 9.72 Å². The van der Waals surface area contributed by atoms with Gasteiger partial charge in [0.25, 0.3) is 5.56 Å². The second kappa shape index (κ2) is 5.44. The molecule has 0 amide bonds. The first-order chi connectivity index (χ1) is 8.67.